The number of hydrogen-bond acceptors (Lipinski definition) is 3. The highest BCUT2D eigenvalue weighted by Crippen LogP contribution is 2.15. The molecular weight excluding hydrogens is 264 g/mol. The van der Waals surface area contributed by atoms with Crippen molar-refractivity contribution in [3.63, 3.8) is 0 Å². The molecule has 2 rings (SSSR count). The number of aliphatic hydroxyl groups is 1. The summed E-state index contributed by atoms with van der Waals surface area (Å²) in [5.41, 5.74) is 4.07. The van der Waals surface area contributed by atoms with Crippen LogP contribution in [-0.2, 0) is 6.42 Å². The van der Waals surface area contributed by atoms with E-state index in [1.54, 1.807) is 6.07 Å². The fraction of sp³-hybridized carbons (Fsp3) is 0.294. The summed E-state index contributed by atoms with van der Waals surface area (Å²) in [6.07, 6.45) is 1.52. The maximum absolute atomic E-state index is 12.3. The third-order valence-electron chi connectivity index (χ3n) is 3.28. The van der Waals surface area contributed by atoms with Gasteiger partial charge in [-0.05, 0) is 56.5 Å². The van der Waals surface area contributed by atoms with Gasteiger partial charge in [-0.15, -0.1) is 0 Å². The van der Waals surface area contributed by atoms with E-state index in [4.69, 9.17) is 5.11 Å². The molecule has 1 amide bonds. The topological polar surface area (TPSA) is 62.2 Å². The first-order valence-corrected chi connectivity index (χ1v) is 7.05. The lowest BCUT2D eigenvalue weighted by molar-refractivity contribution is 0.102. The summed E-state index contributed by atoms with van der Waals surface area (Å²) in [6, 6.07) is 11.3. The van der Waals surface area contributed by atoms with Crippen LogP contribution in [0, 0.1) is 13.8 Å². The lowest BCUT2D eigenvalue weighted by atomic mass is 10.1. The minimum atomic E-state index is -0.153. The summed E-state index contributed by atoms with van der Waals surface area (Å²) < 4.78 is 0. The Morgan fingerprint density at radius 3 is 2.76 bits per heavy atom. The summed E-state index contributed by atoms with van der Waals surface area (Å²) >= 11 is 0. The van der Waals surface area contributed by atoms with E-state index in [1.165, 1.54) is 0 Å². The molecule has 0 saturated carbocycles. The lowest BCUT2D eigenvalue weighted by Gasteiger charge is -2.09. The van der Waals surface area contributed by atoms with Gasteiger partial charge in [0.2, 0.25) is 0 Å². The number of carbonyl (C=O) groups is 1. The predicted molar refractivity (Wildman–Crippen MR) is 83.5 cm³/mol. The molecule has 1 aromatic carbocycles. The number of aryl methyl sites for hydroxylation is 3. The van der Waals surface area contributed by atoms with Crippen molar-refractivity contribution < 1.29 is 9.90 Å². The van der Waals surface area contributed by atoms with Crippen LogP contribution in [0.4, 0.5) is 5.69 Å². The van der Waals surface area contributed by atoms with Crippen LogP contribution in [0.15, 0.2) is 36.4 Å². The number of anilines is 1. The number of benzene rings is 1. The second-order valence-corrected chi connectivity index (χ2v) is 5.07. The molecule has 2 N–H and O–H groups in total. The molecule has 0 saturated heterocycles. The molecule has 0 aliphatic heterocycles. The second kappa shape index (κ2) is 6.99. The third-order valence-corrected chi connectivity index (χ3v) is 3.28. The van der Waals surface area contributed by atoms with Gasteiger partial charge in [0.15, 0.2) is 0 Å². The molecule has 1 heterocycles. The van der Waals surface area contributed by atoms with E-state index in [0.29, 0.717) is 5.56 Å². The van der Waals surface area contributed by atoms with Gasteiger partial charge in [0, 0.05) is 18.0 Å². The van der Waals surface area contributed by atoms with Gasteiger partial charge >= 0.3 is 0 Å². The van der Waals surface area contributed by atoms with E-state index in [9.17, 15) is 4.79 Å². The zero-order chi connectivity index (χ0) is 15.2. The van der Waals surface area contributed by atoms with Gasteiger partial charge in [0.05, 0.1) is 11.3 Å². The SMILES string of the molecule is Cc1ccc(C(=O)Nc2cccc(CCCO)c2)c(C)n1. The molecule has 0 radical (unpaired) electrons. The molecule has 1 aromatic heterocycles. The van der Waals surface area contributed by atoms with Crippen LogP contribution in [0.1, 0.15) is 33.7 Å². The van der Waals surface area contributed by atoms with Crippen LogP contribution in [-0.4, -0.2) is 22.6 Å². The normalized spacial score (nSPS) is 10.4. The maximum atomic E-state index is 12.3. The highest BCUT2D eigenvalue weighted by Gasteiger charge is 2.10. The van der Waals surface area contributed by atoms with Crippen molar-refractivity contribution in [1.29, 1.82) is 0 Å². The van der Waals surface area contributed by atoms with Crippen molar-refractivity contribution in [3.8, 4) is 0 Å². The molecule has 0 aliphatic rings. The monoisotopic (exact) mass is 284 g/mol. The van der Waals surface area contributed by atoms with Crippen LogP contribution >= 0.6 is 0 Å². The van der Waals surface area contributed by atoms with Gasteiger partial charge in [0.1, 0.15) is 0 Å². The molecule has 0 unspecified atom stereocenters. The molecule has 0 fully saturated rings. The quantitative estimate of drug-likeness (QED) is 0.887. The Morgan fingerprint density at radius 1 is 1.24 bits per heavy atom. The van der Waals surface area contributed by atoms with Crippen molar-refractivity contribution in [1.82, 2.24) is 4.98 Å². The summed E-state index contributed by atoms with van der Waals surface area (Å²) in [5, 5.41) is 11.8. The largest absolute Gasteiger partial charge is 0.396 e. The van der Waals surface area contributed by atoms with Gasteiger partial charge in [-0.25, -0.2) is 0 Å². The third kappa shape index (κ3) is 4.13. The zero-order valence-corrected chi connectivity index (χ0v) is 12.4. The van der Waals surface area contributed by atoms with E-state index in [0.717, 1.165) is 35.5 Å². The smallest absolute Gasteiger partial charge is 0.257 e. The Hall–Kier alpha value is -2.20. The minimum Gasteiger partial charge on any atom is -0.396 e. The standard InChI is InChI=1S/C17H20N2O2/c1-12-8-9-16(13(2)18-12)17(21)19-15-7-3-5-14(11-15)6-4-10-20/h3,5,7-9,11,20H,4,6,10H2,1-2H3,(H,19,21). The zero-order valence-electron chi connectivity index (χ0n) is 12.4. The van der Waals surface area contributed by atoms with E-state index in [-0.39, 0.29) is 12.5 Å². The average Bonchev–Trinajstić information content (AvgIpc) is 2.45. The predicted octanol–water partition coefficient (Wildman–Crippen LogP) is 2.88. The maximum Gasteiger partial charge on any atom is 0.257 e. The van der Waals surface area contributed by atoms with Crippen LogP contribution in [0.25, 0.3) is 0 Å². The second-order valence-electron chi connectivity index (χ2n) is 5.07. The van der Waals surface area contributed by atoms with Gasteiger partial charge in [-0.1, -0.05) is 12.1 Å². The van der Waals surface area contributed by atoms with Crippen molar-refractivity contribution in [2.45, 2.75) is 26.7 Å². The summed E-state index contributed by atoms with van der Waals surface area (Å²) in [4.78, 5) is 16.6. The summed E-state index contributed by atoms with van der Waals surface area (Å²) in [7, 11) is 0. The number of nitrogens with one attached hydrogen (secondary N) is 1. The number of amides is 1. The fourth-order valence-corrected chi connectivity index (χ4v) is 2.21. The Balaban J connectivity index is 2.12. The molecule has 2 aromatic rings. The molecular formula is C17H20N2O2. The van der Waals surface area contributed by atoms with Crippen LogP contribution in [0.3, 0.4) is 0 Å². The van der Waals surface area contributed by atoms with E-state index in [1.807, 2.05) is 44.2 Å². The van der Waals surface area contributed by atoms with Crippen LogP contribution in [0.5, 0.6) is 0 Å². The number of carbonyl (C=O) groups excluding carboxylic acids is 1. The Morgan fingerprint density at radius 2 is 2.05 bits per heavy atom. The fourth-order valence-electron chi connectivity index (χ4n) is 2.21. The number of aliphatic hydroxyl groups excluding tert-OH is 1. The Kier molecular flexibility index (Phi) is 5.06. The van der Waals surface area contributed by atoms with Crippen molar-refractivity contribution in [3.05, 3.63) is 58.9 Å². The molecule has 4 heteroatoms. The molecule has 0 atom stereocenters. The van der Waals surface area contributed by atoms with Crippen LogP contribution in [0.2, 0.25) is 0 Å². The van der Waals surface area contributed by atoms with Gasteiger partial charge in [-0.2, -0.15) is 0 Å². The van der Waals surface area contributed by atoms with Gasteiger partial charge in [-0.3, -0.25) is 9.78 Å². The number of pyridine rings is 1. The van der Waals surface area contributed by atoms with Crippen molar-refractivity contribution >= 4 is 11.6 Å². The van der Waals surface area contributed by atoms with Gasteiger partial charge < -0.3 is 10.4 Å². The number of hydrogen-bond donors (Lipinski definition) is 2. The molecule has 0 bridgehead atoms. The number of rotatable bonds is 5. The van der Waals surface area contributed by atoms with E-state index in [2.05, 4.69) is 10.3 Å². The lowest BCUT2D eigenvalue weighted by Crippen LogP contribution is -2.14. The van der Waals surface area contributed by atoms with Crippen LogP contribution < -0.4 is 5.32 Å². The molecule has 0 spiro atoms. The average molecular weight is 284 g/mol. The first kappa shape index (κ1) is 15.2. The van der Waals surface area contributed by atoms with E-state index < -0.39 is 0 Å². The summed E-state index contributed by atoms with van der Waals surface area (Å²) in [6.45, 7) is 3.91. The Labute approximate surface area is 124 Å². The summed E-state index contributed by atoms with van der Waals surface area (Å²) in [5.74, 6) is -0.153. The highest BCUT2D eigenvalue weighted by atomic mass is 16.2. The molecule has 110 valence electrons. The first-order valence-electron chi connectivity index (χ1n) is 7.05. The first-order chi connectivity index (χ1) is 10.1. The molecule has 21 heavy (non-hydrogen) atoms. The highest BCUT2D eigenvalue weighted by molar-refractivity contribution is 6.05. The Bertz CT molecular complexity index is 638. The van der Waals surface area contributed by atoms with E-state index >= 15 is 0 Å². The number of aromatic nitrogens is 1. The van der Waals surface area contributed by atoms with Gasteiger partial charge in [0.25, 0.3) is 5.91 Å². The van der Waals surface area contributed by atoms with Crippen molar-refractivity contribution in [2.75, 3.05) is 11.9 Å². The molecule has 0 aliphatic carbocycles. The van der Waals surface area contributed by atoms with Crippen molar-refractivity contribution in [2.24, 2.45) is 0 Å². The molecule has 4 nitrogen and oxygen atoms in total. The minimum absolute atomic E-state index is 0.153. The number of nitrogens with zero attached hydrogens (tertiary/aromatic N) is 1.